The van der Waals surface area contributed by atoms with Gasteiger partial charge in [-0.1, -0.05) is 24.3 Å². The van der Waals surface area contributed by atoms with Crippen molar-refractivity contribution in [2.24, 2.45) is 4.99 Å². The molecule has 0 spiro atoms. The standard InChI is InChI=1S/C19H28N4O/c1-2-20-19(21-10-8-16-6-5-7-18(24)14-16)23-13-9-17(15-23)22-11-3-4-12-22/h3-7,14,17,24H,2,8-13,15H2,1H3,(H,20,21). The first-order valence-electron chi connectivity index (χ1n) is 8.96. The summed E-state index contributed by atoms with van der Waals surface area (Å²) in [7, 11) is 0. The van der Waals surface area contributed by atoms with E-state index in [1.165, 1.54) is 6.42 Å². The molecule has 5 nitrogen and oxygen atoms in total. The molecule has 0 aliphatic carbocycles. The first-order chi connectivity index (χ1) is 11.8. The number of rotatable bonds is 5. The summed E-state index contributed by atoms with van der Waals surface area (Å²) in [6.07, 6.45) is 6.57. The van der Waals surface area contributed by atoms with Gasteiger partial charge in [-0.25, -0.2) is 0 Å². The van der Waals surface area contributed by atoms with Crippen molar-refractivity contribution < 1.29 is 5.11 Å². The summed E-state index contributed by atoms with van der Waals surface area (Å²) in [5.41, 5.74) is 1.12. The number of phenolic OH excluding ortho intramolecular Hbond substituents is 1. The van der Waals surface area contributed by atoms with Crippen LogP contribution in [0.15, 0.2) is 41.4 Å². The molecule has 1 aromatic carbocycles. The van der Waals surface area contributed by atoms with Crippen LogP contribution in [0.2, 0.25) is 0 Å². The lowest BCUT2D eigenvalue weighted by atomic mass is 10.1. The maximum Gasteiger partial charge on any atom is 0.193 e. The maximum absolute atomic E-state index is 9.55. The van der Waals surface area contributed by atoms with Crippen molar-refractivity contribution in [3.8, 4) is 5.75 Å². The smallest absolute Gasteiger partial charge is 0.193 e. The molecule has 130 valence electrons. The Morgan fingerprint density at radius 1 is 1.33 bits per heavy atom. The number of hydrogen-bond acceptors (Lipinski definition) is 3. The molecule has 0 saturated carbocycles. The number of guanidine groups is 1. The minimum Gasteiger partial charge on any atom is -0.508 e. The van der Waals surface area contributed by atoms with Crippen LogP contribution in [0.5, 0.6) is 5.75 Å². The molecule has 1 unspecified atom stereocenters. The van der Waals surface area contributed by atoms with E-state index in [2.05, 4.69) is 34.2 Å². The molecule has 1 atom stereocenters. The molecule has 1 fully saturated rings. The Kier molecular flexibility index (Phi) is 5.75. The summed E-state index contributed by atoms with van der Waals surface area (Å²) < 4.78 is 0. The Morgan fingerprint density at radius 2 is 2.17 bits per heavy atom. The van der Waals surface area contributed by atoms with Gasteiger partial charge in [0.1, 0.15) is 5.75 Å². The van der Waals surface area contributed by atoms with Crippen molar-refractivity contribution in [3.05, 3.63) is 42.0 Å². The fourth-order valence-corrected chi connectivity index (χ4v) is 3.45. The Labute approximate surface area is 144 Å². The van der Waals surface area contributed by atoms with Crippen LogP contribution >= 0.6 is 0 Å². The average Bonchev–Trinajstić information content (AvgIpc) is 3.25. The van der Waals surface area contributed by atoms with Crippen LogP contribution in [0.3, 0.4) is 0 Å². The zero-order valence-electron chi connectivity index (χ0n) is 14.5. The Hall–Kier alpha value is -2.01. The molecule has 0 radical (unpaired) electrons. The fourth-order valence-electron chi connectivity index (χ4n) is 3.45. The van der Waals surface area contributed by atoms with Gasteiger partial charge in [-0.2, -0.15) is 0 Å². The molecule has 2 heterocycles. The number of phenols is 1. The van der Waals surface area contributed by atoms with E-state index in [4.69, 9.17) is 4.99 Å². The first-order valence-corrected chi connectivity index (χ1v) is 8.96. The van der Waals surface area contributed by atoms with Gasteiger partial charge in [0.25, 0.3) is 0 Å². The Bertz CT molecular complexity index is 591. The number of aromatic hydroxyl groups is 1. The van der Waals surface area contributed by atoms with Gasteiger partial charge in [0.2, 0.25) is 0 Å². The SMILES string of the molecule is CCNC(=NCCc1cccc(O)c1)N1CCC(N2CC=CC2)C1. The number of hydrogen-bond donors (Lipinski definition) is 2. The van der Waals surface area contributed by atoms with Crippen LogP contribution in [0.4, 0.5) is 0 Å². The summed E-state index contributed by atoms with van der Waals surface area (Å²) in [5.74, 6) is 1.34. The first kappa shape index (κ1) is 16.8. The minimum atomic E-state index is 0.324. The highest BCUT2D eigenvalue weighted by atomic mass is 16.3. The lowest BCUT2D eigenvalue weighted by Crippen LogP contribution is -2.43. The lowest BCUT2D eigenvalue weighted by Gasteiger charge is -2.25. The normalized spacial score (nSPS) is 21.6. The third-order valence-electron chi connectivity index (χ3n) is 4.73. The van der Waals surface area contributed by atoms with E-state index >= 15 is 0 Å². The lowest BCUT2D eigenvalue weighted by molar-refractivity contribution is 0.259. The van der Waals surface area contributed by atoms with Crippen molar-refractivity contribution in [2.75, 3.05) is 39.3 Å². The molecule has 3 rings (SSSR count). The van der Waals surface area contributed by atoms with Crippen molar-refractivity contribution in [1.82, 2.24) is 15.1 Å². The van der Waals surface area contributed by atoms with Crippen molar-refractivity contribution in [2.45, 2.75) is 25.8 Å². The van der Waals surface area contributed by atoms with Crippen molar-refractivity contribution in [3.63, 3.8) is 0 Å². The van der Waals surface area contributed by atoms with Gasteiger partial charge in [0.05, 0.1) is 0 Å². The second kappa shape index (κ2) is 8.20. The van der Waals surface area contributed by atoms with E-state index in [0.29, 0.717) is 11.8 Å². The van der Waals surface area contributed by atoms with Crippen LogP contribution in [-0.4, -0.2) is 66.2 Å². The third-order valence-corrected chi connectivity index (χ3v) is 4.73. The van der Waals surface area contributed by atoms with Gasteiger partial charge in [-0.15, -0.1) is 0 Å². The number of nitrogens with zero attached hydrogens (tertiary/aromatic N) is 3. The molecule has 0 amide bonds. The highest BCUT2D eigenvalue weighted by molar-refractivity contribution is 5.80. The molecule has 2 aliphatic heterocycles. The molecule has 1 saturated heterocycles. The summed E-state index contributed by atoms with van der Waals surface area (Å²) in [5, 5.41) is 13.0. The predicted molar refractivity (Wildman–Crippen MR) is 98.5 cm³/mol. The molecule has 2 N–H and O–H groups in total. The molecule has 2 aliphatic rings. The summed E-state index contributed by atoms with van der Waals surface area (Å²) in [6, 6.07) is 8.07. The zero-order valence-corrected chi connectivity index (χ0v) is 14.5. The summed E-state index contributed by atoms with van der Waals surface area (Å²) >= 11 is 0. The molecular formula is C19H28N4O. The van der Waals surface area contributed by atoms with Crippen molar-refractivity contribution >= 4 is 5.96 Å². The summed E-state index contributed by atoms with van der Waals surface area (Å²) in [6.45, 7) is 8.03. The average molecular weight is 328 g/mol. The predicted octanol–water partition coefficient (Wildman–Crippen LogP) is 1.85. The van der Waals surface area contributed by atoms with E-state index in [1.54, 1.807) is 6.07 Å². The second-order valence-corrected chi connectivity index (χ2v) is 6.47. The number of benzene rings is 1. The summed E-state index contributed by atoms with van der Waals surface area (Å²) in [4.78, 5) is 9.72. The number of aliphatic imine (C=N–C) groups is 1. The van der Waals surface area contributed by atoms with Crippen LogP contribution in [-0.2, 0) is 6.42 Å². The minimum absolute atomic E-state index is 0.324. The van der Waals surface area contributed by atoms with E-state index < -0.39 is 0 Å². The van der Waals surface area contributed by atoms with Gasteiger partial charge in [-0.3, -0.25) is 9.89 Å². The van der Waals surface area contributed by atoms with Crippen molar-refractivity contribution in [1.29, 1.82) is 0 Å². The zero-order chi connectivity index (χ0) is 16.8. The van der Waals surface area contributed by atoms with E-state index in [9.17, 15) is 5.11 Å². The van der Waals surface area contributed by atoms with E-state index in [-0.39, 0.29) is 0 Å². The van der Waals surface area contributed by atoms with E-state index in [0.717, 1.165) is 57.2 Å². The maximum atomic E-state index is 9.55. The molecule has 5 heteroatoms. The molecule has 0 bridgehead atoms. The highest BCUT2D eigenvalue weighted by Gasteiger charge is 2.29. The van der Waals surface area contributed by atoms with Gasteiger partial charge in [0.15, 0.2) is 5.96 Å². The molecule has 1 aromatic rings. The van der Waals surface area contributed by atoms with Crippen LogP contribution in [0.25, 0.3) is 0 Å². The number of likely N-dealkylation sites (tertiary alicyclic amines) is 1. The second-order valence-electron chi connectivity index (χ2n) is 6.47. The van der Waals surface area contributed by atoms with Crippen LogP contribution in [0.1, 0.15) is 18.9 Å². The Balaban J connectivity index is 1.55. The molecule has 24 heavy (non-hydrogen) atoms. The fraction of sp³-hybridized carbons (Fsp3) is 0.526. The van der Waals surface area contributed by atoms with Gasteiger partial charge < -0.3 is 15.3 Å². The van der Waals surface area contributed by atoms with Gasteiger partial charge >= 0.3 is 0 Å². The number of nitrogens with one attached hydrogen (secondary N) is 1. The van der Waals surface area contributed by atoms with E-state index in [1.807, 2.05) is 18.2 Å². The molecule has 0 aromatic heterocycles. The van der Waals surface area contributed by atoms with Crippen LogP contribution < -0.4 is 5.32 Å². The quantitative estimate of drug-likeness (QED) is 0.492. The monoisotopic (exact) mass is 328 g/mol. The van der Waals surface area contributed by atoms with Gasteiger partial charge in [0, 0.05) is 45.3 Å². The highest BCUT2D eigenvalue weighted by Crippen LogP contribution is 2.18. The third kappa shape index (κ3) is 4.29. The van der Waals surface area contributed by atoms with Crippen LogP contribution in [0, 0.1) is 0 Å². The van der Waals surface area contributed by atoms with Gasteiger partial charge in [-0.05, 0) is 37.5 Å². The topological polar surface area (TPSA) is 51.1 Å². The molecular weight excluding hydrogens is 300 g/mol. The largest absolute Gasteiger partial charge is 0.508 e. The Morgan fingerprint density at radius 3 is 2.92 bits per heavy atom.